The largest absolute Gasteiger partial charge is 0.477 e. The second kappa shape index (κ2) is 4.11. The predicted molar refractivity (Wildman–Crippen MR) is 50.3 cm³/mol. The van der Waals surface area contributed by atoms with E-state index in [2.05, 4.69) is 0 Å². The van der Waals surface area contributed by atoms with Crippen LogP contribution in [-0.4, -0.2) is 22.2 Å². The molecule has 0 unspecified atom stereocenters. The fraction of sp³-hybridized carbons (Fsp3) is 0. The molecule has 0 aliphatic heterocycles. The van der Waals surface area contributed by atoms with Gasteiger partial charge >= 0.3 is 11.9 Å². The maximum absolute atomic E-state index is 10.1. The molecule has 4 nitrogen and oxygen atoms in total. The number of hydrogen-bond donors (Lipinski definition) is 2. The minimum absolute atomic E-state index is 0.175. The van der Waals surface area contributed by atoms with Crippen LogP contribution in [0.15, 0.2) is 7.16 Å². The highest BCUT2D eigenvalue weighted by Crippen LogP contribution is 2.18. The van der Waals surface area contributed by atoms with Crippen LogP contribution in [0.4, 0.5) is 0 Å². The van der Waals surface area contributed by atoms with Crippen LogP contribution in [0.2, 0.25) is 0 Å². The van der Waals surface area contributed by atoms with Crippen molar-refractivity contribution < 1.29 is 19.8 Å². The van der Waals surface area contributed by atoms with Crippen LogP contribution in [0, 0.1) is 0 Å². The van der Waals surface area contributed by atoms with E-state index in [4.69, 9.17) is 10.2 Å². The fourth-order valence-corrected chi connectivity index (χ4v) is 0.649. The highest BCUT2D eigenvalue weighted by atomic mass is 127. The van der Waals surface area contributed by atoms with Gasteiger partial charge in [0.1, 0.15) is 7.16 Å². The summed E-state index contributed by atoms with van der Waals surface area (Å²) in [6.07, 6.45) is 0. The van der Waals surface area contributed by atoms with E-state index < -0.39 is 11.9 Å². The molecule has 0 aromatic heterocycles. The summed E-state index contributed by atoms with van der Waals surface area (Å²) in [6, 6.07) is 0. The zero-order chi connectivity index (χ0) is 8.31. The van der Waals surface area contributed by atoms with Crippen LogP contribution in [0.3, 0.4) is 0 Å². The molecule has 0 heterocycles. The normalized spacial score (nSPS) is 12.2. The van der Waals surface area contributed by atoms with Gasteiger partial charge in [-0.3, -0.25) is 0 Å². The van der Waals surface area contributed by atoms with Crippen LogP contribution in [-0.2, 0) is 9.59 Å². The van der Waals surface area contributed by atoms with E-state index >= 15 is 0 Å². The zero-order valence-electron chi connectivity index (χ0n) is 4.47. The first-order valence-corrected chi connectivity index (χ1v) is 4.14. The third-order valence-electron chi connectivity index (χ3n) is 0.568. The van der Waals surface area contributed by atoms with Crippen LogP contribution < -0.4 is 0 Å². The van der Waals surface area contributed by atoms with Gasteiger partial charge in [0.05, 0.1) is 0 Å². The van der Waals surface area contributed by atoms with Crippen molar-refractivity contribution in [1.29, 1.82) is 0 Å². The Balaban J connectivity index is 4.67. The molecule has 0 saturated heterocycles. The van der Waals surface area contributed by atoms with Crippen molar-refractivity contribution in [3.05, 3.63) is 7.16 Å². The van der Waals surface area contributed by atoms with Crippen molar-refractivity contribution in [2.75, 3.05) is 0 Å². The van der Waals surface area contributed by atoms with E-state index in [1.54, 1.807) is 0 Å². The first kappa shape index (κ1) is 10.1. The van der Waals surface area contributed by atoms with Gasteiger partial charge in [0.25, 0.3) is 0 Å². The summed E-state index contributed by atoms with van der Waals surface area (Å²) in [5.74, 6) is -2.43. The third kappa shape index (κ3) is 2.82. The summed E-state index contributed by atoms with van der Waals surface area (Å²) in [5, 5.41) is 16.5. The van der Waals surface area contributed by atoms with Gasteiger partial charge in [-0.05, 0) is 45.2 Å². The van der Waals surface area contributed by atoms with Crippen LogP contribution >= 0.6 is 45.2 Å². The third-order valence-corrected chi connectivity index (χ3v) is 3.60. The Morgan fingerprint density at radius 2 is 1.10 bits per heavy atom. The second-order valence-corrected chi connectivity index (χ2v) is 3.40. The molecule has 0 aromatic carbocycles. The molecular weight excluding hydrogens is 366 g/mol. The van der Waals surface area contributed by atoms with Crippen molar-refractivity contribution in [2.24, 2.45) is 0 Å². The van der Waals surface area contributed by atoms with Gasteiger partial charge in [0.15, 0.2) is 0 Å². The van der Waals surface area contributed by atoms with E-state index in [1.807, 2.05) is 0 Å². The first-order chi connectivity index (χ1) is 4.46. The van der Waals surface area contributed by atoms with E-state index in [0.717, 1.165) is 0 Å². The predicted octanol–water partition coefficient (Wildman–Crippen LogP) is 1.24. The van der Waals surface area contributed by atoms with Crippen molar-refractivity contribution in [3.8, 4) is 0 Å². The van der Waals surface area contributed by atoms with E-state index in [9.17, 15) is 9.59 Å². The molecule has 6 heteroatoms. The number of hydrogen-bond acceptors (Lipinski definition) is 2. The second-order valence-electron chi connectivity index (χ2n) is 1.24. The van der Waals surface area contributed by atoms with Gasteiger partial charge < -0.3 is 10.2 Å². The van der Waals surface area contributed by atoms with Gasteiger partial charge in [0.2, 0.25) is 0 Å². The summed E-state index contributed by atoms with van der Waals surface area (Å²) >= 11 is 2.93. The molecule has 56 valence electrons. The van der Waals surface area contributed by atoms with Crippen molar-refractivity contribution in [2.45, 2.75) is 0 Å². The van der Waals surface area contributed by atoms with Crippen molar-refractivity contribution in [1.82, 2.24) is 0 Å². The Morgan fingerprint density at radius 1 is 0.900 bits per heavy atom. The monoisotopic (exact) mass is 368 g/mol. The zero-order valence-corrected chi connectivity index (χ0v) is 8.78. The molecule has 10 heavy (non-hydrogen) atoms. The van der Waals surface area contributed by atoms with E-state index in [0.29, 0.717) is 0 Å². The molecule has 0 aliphatic rings. The molecule has 0 aromatic rings. The average molecular weight is 368 g/mol. The van der Waals surface area contributed by atoms with Crippen molar-refractivity contribution >= 4 is 57.1 Å². The van der Waals surface area contributed by atoms with Crippen LogP contribution in [0.25, 0.3) is 0 Å². The summed E-state index contributed by atoms with van der Waals surface area (Å²) in [5.41, 5.74) is 0. The topological polar surface area (TPSA) is 74.6 Å². The molecular formula is C4H2I2O4. The highest BCUT2D eigenvalue weighted by Gasteiger charge is 2.13. The molecule has 0 aliphatic carbocycles. The van der Waals surface area contributed by atoms with Crippen molar-refractivity contribution in [3.63, 3.8) is 0 Å². The maximum atomic E-state index is 10.1. The average Bonchev–Trinajstić information content (AvgIpc) is 1.84. The van der Waals surface area contributed by atoms with Gasteiger partial charge in [-0.1, -0.05) is 0 Å². The molecule has 0 rings (SSSR count). The minimum Gasteiger partial charge on any atom is -0.477 e. The van der Waals surface area contributed by atoms with Gasteiger partial charge in [-0.25, -0.2) is 9.59 Å². The number of carboxylic acids is 2. The van der Waals surface area contributed by atoms with Gasteiger partial charge in [-0.2, -0.15) is 0 Å². The summed E-state index contributed by atoms with van der Waals surface area (Å²) in [6.45, 7) is 0. The number of aliphatic carboxylic acids is 2. The Labute approximate surface area is 83.6 Å². The SMILES string of the molecule is O=C(O)/C(I)=C(/I)C(=O)O. The lowest BCUT2D eigenvalue weighted by atomic mass is 10.5. The molecule has 0 atom stereocenters. The van der Waals surface area contributed by atoms with Crippen LogP contribution in [0.5, 0.6) is 0 Å². The highest BCUT2D eigenvalue weighted by molar-refractivity contribution is 14.1. The molecule has 0 bridgehead atoms. The first-order valence-electron chi connectivity index (χ1n) is 1.98. The molecule has 0 saturated carbocycles. The lowest BCUT2D eigenvalue weighted by Crippen LogP contribution is -2.02. The maximum Gasteiger partial charge on any atom is 0.343 e. The Morgan fingerprint density at radius 3 is 1.20 bits per heavy atom. The Kier molecular flexibility index (Phi) is 4.17. The van der Waals surface area contributed by atoms with Gasteiger partial charge in [-0.15, -0.1) is 0 Å². The molecule has 0 radical (unpaired) electrons. The van der Waals surface area contributed by atoms with E-state index in [-0.39, 0.29) is 7.16 Å². The van der Waals surface area contributed by atoms with Gasteiger partial charge in [0, 0.05) is 0 Å². The summed E-state index contributed by atoms with van der Waals surface area (Å²) in [4.78, 5) is 20.2. The number of carboxylic acid groups (broad SMARTS) is 2. The molecule has 2 N–H and O–H groups in total. The number of halogens is 2. The smallest absolute Gasteiger partial charge is 0.343 e. The summed E-state index contributed by atoms with van der Waals surface area (Å²) < 4.78 is -0.351. The standard InChI is InChI=1S/C4H2I2O4/c5-1(3(7)8)2(6)4(9)10/h(H,7,8)(H,9,10)/b2-1-. The molecule has 0 spiro atoms. The molecule has 0 amide bonds. The number of rotatable bonds is 2. The summed E-state index contributed by atoms with van der Waals surface area (Å²) in [7, 11) is 0. The Bertz CT molecular complexity index is 185. The Hall–Kier alpha value is 0.140. The lowest BCUT2D eigenvalue weighted by molar-refractivity contribution is -0.134. The quantitative estimate of drug-likeness (QED) is 0.569. The fourth-order valence-electron chi connectivity index (χ4n) is 0.188. The lowest BCUT2D eigenvalue weighted by Gasteiger charge is -1.91. The number of carbonyl (C=O) groups is 2. The molecule has 0 fully saturated rings. The minimum atomic E-state index is -1.22. The van der Waals surface area contributed by atoms with Crippen LogP contribution in [0.1, 0.15) is 0 Å². The van der Waals surface area contributed by atoms with E-state index in [1.165, 1.54) is 45.2 Å².